The van der Waals surface area contributed by atoms with Gasteiger partial charge in [0.15, 0.2) is 22.8 Å². The Labute approximate surface area is 246 Å². The molecule has 0 radical (unpaired) electrons. The second-order valence-electron chi connectivity index (χ2n) is 9.80. The first-order valence-corrected chi connectivity index (χ1v) is 18.0. The van der Waals surface area contributed by atoms with Crippen LogP contribution in [0.3, 0.4) is 0 Å². The molecule has 41 heavy (non-hydrogen) atoms. The van der Waals surface area contributed by atoms with Gasteiger partial charge in [0.1, 0.15) is 37.3 Å². The Hall–Kier alpha value is -2.40. The number of carbonyl (C=O) groups excluding carboxylic acids is 1. The number of aliphatic hydroxyl groups excluding tert-OH is 1. The summed E-state index contributed by atoms with van der Waals surface area (Å²) in [7, 11) is 0. The van der Waals surface area contributed by atoms with Crippen LogP contribution < -0.4 is 15.3 Å². The molecule has 16 heteroatoms. The summed E-state index contributed by atoms with van der Waals surface area (Å²) in [6.07, 6.45) is -0.676. The fraction of sp³-hybridized carbons (Fsp3) is 0.480. The van der Waals surface area contributed by atoms with Gasteiger partial charge in [0.05, 0.1) is 18.9 Å². The van der Waals surface area contributed by atoms with Crippen molar-refractivity contribution in [3.05, 3.63) is 54.5 Å². The highest BCUT2D eigenvalue weighted by atomic mass is 127. The zero-order valence-electron chi connectivity index (χ0n) is 22.6. The third kappa shape index (κ3) is 6.21. The maximum absolute atomic E-state index is 14.8. The lowest BCUT2D eigenvalue weighted by Crippen LogP contribution is -2.53. The van der Waals surface area contributed by atoms with Crippen molar-refractivity contribution < 1.29 is 41.0 Å². The van der Waals surface area contributed by atoms with E-state index in [1.165, 1.54) is 16.9 Å². The second-order valence-corrected chi connectivity index (χ2v) is 16.6. The Morgan fingerprint density at radius 2 is 2.07 bits per heavy atom. The van der Waals surface area contributed by atoms with Gasteiger partial charge in [0.25, 0.3) is 0 Å². The molecule has 1 saturated heterocycles. The van der Waals surface area contributed by atoms with Gasteiger partial charge in [0.2, 0.25) is 0 Å². The van der Waals surface area contributed by atoms with E-state index in [1.807, 2.05) is 0 Å². The molecule has 1 aliphatic rings. The summed E-state index contributed by atoms with van der Waals surface area (Å²) in [5, 5.41) is 30.0. The van der Waals surface area contributed by atoms with Gasteiger partial charge in [-0.15, -0.1) is 5.09 Å². The molecule has 5 atom stereocenters. The van der Waals surface area contributed by atoms with Crippen LogP contribution in [-0.4, -0.2) is 75.0 Å². The number of hydrogen-bond acceptors (Lipinski definition) is 12. The van der Waals surface area contributed by atoms with Crippen molar-refractivity contribution in [1.82, 2.24) is 19.7 Å². The van der Waals surface area contributed by atoms with Crippen molar-refractivity contribution in [2.75, 3.05) is 32.2 Å². The maximum atomic E-state index is 14.8. The number of rotatable bonds is 13. The minimum atomic E-state index is -3.65. The number of aromatic nitrogens is 3. The van der Waals surface area contributed by atoms with E-state index in [0.717, 1.165) is 0 Å². The summed E-state index contributed by atoms with van der Waals surface area (Å²) in [5.74, 6) is -0.483. The van der Waals surface area contributed by atoms with Crippen LogP contribution in [0.25, 0.3) is 5.52 Å². The zero-order chi connectivity index (χ0) is 29.8. The number of fused-ring (bicyclic) bond motifs is 1. The quantitative estimate of drug-likeness (QED) is 0.116. The van der Waals surface area contributed by atoms with Crippen LogP contribution >= 0.6 is 26.2 Å². The average Bonchev–Trinajstić information content (AvgIpc) is 3.52. The highest BCUT2D eigenvalue weighted by molar-refractivity contribution is 14.2. The standard InChI is InChI=1S/C25H33FIN5O8P/c1-4-37-22(33)20(16(2)3)31-41(27-36,40-17-8-6-5-7-9-17)39-13-24(12-26)23(34)25(35,14-38-24)19-11-10-18-21(28)29-15-30-32(18)19/h5-11,15-16,20,23,31,34-35H,4,12-14H2,1-3H3,(H2,28,29,30)/q+1/t20-,23+,24+,25+,41?/m0/s1. The second kappa shape index (κ2) is 12.9. The Morgan fingerprint density at radius 1 is 1.34 bits per heavy atom. The van der Waals surface area contributed by atoms with Gasteiger partial charge in [-0.25, -0.2) is 17.0 Å². The lowest BCUT2D eigenvalue weighted by atomic mass is 9.86. The van der Waals surface area contributed by atoms with Crippen molar-refractivity contribution in [2.45, 2.75) is 44.1 Å². The number of esters is 1. The number of nitrogen functional groups attached to an aromatic ring is 1. The van der Waals surface area contributed by atoms with Crippen molar-refractivity contribution in [2.24, 2.45) is 5.92 Å². The number of nitrogens with two attached hydrogens (primary N) is 1. The Bertz CT molecular complexity index is 1370. The van der Waals surface area contributed by atoms with E-state index in [0.29, 0.717) is 11.3 Å². The molecule has 3 aromatic rings. The molecule has 3 heterocycles. The number of ether oxygens (including phenoxy) is 2. The van der Waals surface area contributed by atoms with Gasteiger partial charge in [0, 0.05) is 0 Å². The molecule has 0 bridgehead atoms. The van der Waals surface area contributed by atoms with Crippen LogP contribution in [0.1, 0.15) is 26.5 Å². The first-order valence-electron chi connectivity index (χ1n) is 12.8. The average molecular weight is 708 g/mol. The van der Waals surface area contributed by atoms with E-state index < -0.39 is 75.4 Å². The Balaban J connectivity index is 1.66. The number of aliphatic hydroxyl groups is 2. The van der Waals surface area contributed by atoms with Gasteiger partial charge in [-0.3, -0.25) is 9.32 Å². The molecule has 5 N–H and O–H groups in total. The van der Waals surface area contributed by atoms with Crippen molar-refractivity contribution in [3.8, 4) is 5.75 Å². The molecule has 0 amide bonds. The monoisotopic (exact) mass is 708 g/mol. The molecular formula is C25H33FIN5O8P+. The largest absolute Gasteiger partial charge is 0.487 e. The molecule has 13 nitrogen and oxygen atoms in total. The van der Waals surface area contributed by atoms with E-state index in [-0.39, 0.29) is 24.0 Å². The van der Waals surface area contributed by atoms with E-state index in [9.17, 15) is 22.5 Å². The zero-order valence-corrected chi connectivity index (χ0v) is 25.7. The van der Waals surface area contributed by atoms with Crippen LogP contribution in [0, 0.1) is 5.92 Å². The summed E-state index contributed by atoms with van der Waals surface area (Å²) in [6.45, 7) is 2.85. The number of benzene rings is 1. The predicted octanol–water partition coefficient (Wildman–Crippen LogP) is 2.87. The van der Waals surface area contributed by atoms with E-state index in [1.54, 1.807) is 57.2 Å². The molecule has 1 unspecified atom stereocenters. The van der Waals surface area contributed by atoms with Crippen molar-refractivity contribution >= 4 is 43.5 Å². The van der Waals surface area contributed by atoms with Gasteiger partial charge < -0.3 is 25.4 Å². The van der Waals surface area contributed by atoms with Crippen molar-refractivity contribution in [1.29, 1.82) is 0 Å². The topological polar surface area (TPSA) is 180 Å². The van der Waals surface area contributed by atoms with Crippen LogP contribution in [0.15, 0.2) is 48.8 Å². The lowest BCUT2D eigenvalue weighted by molar-refractivity contribution is -0.146. The fourth-order valence-corrected chi connectivity index (χ4v) is 9.16. The van der Waals surface area contributed by atoms with Crippen LogP contribution in [0.5, 0.6) is 5.75 Å². The van der Waals surface area contributed by atoms with Gasteiger partial charge in [-0.05, 0) is 37.1 Å². The number of nitrogens with one attached hydrogen (secondary N) is 1. The molecular weight excluding hydrogens is 675 g/mol. The molecule has 2 aromatic heterocycles. The number of para-hydroxylation sites is 1. The summed E-state index contributed by atoms with van der Waals surface area (Å²) >= 11 is -2.18. The van der Waals surface area contributed by atoms with E-state index >= 15 is 0 Å². The molecule has 4 rings (SSSR count). The number of anilines is 1. The smallest absolute Gasteiger partial charge is 0.465 e. The third-order valence-corrected chi connectivity index (χ3v) is 12.2. The SMILES string of the molecule is CCOC(=O)[C@@H](N[P+](OC[C@@]1(CF)OC[C@@](O)(c2ccc3c(N)ncnn23)[C@@H]1O)(Oc1ccccc1)I=O)C(C)C. The van der Waals surface area contributed by atoms with E-state index in [4.69, 9.17) is 24.3 Å². The van der Waals surface area contributed by atoms with Gasteiger partial charge in [-0.1, -0.05) is 32.0 Å². The first kappa shape index (κ1) is 31.5. The number of hydrogen-bond donors (Lipinski definition) is 4. The molecule has 224 valence electrons. The van der Waals surface area contributed by atoms with Gasteiger partial charge >= 0.3 is 32.1 Å². The Morgan fingerprint density at radius 3 is 2.71 bits per heavy atom. The fourth-order valence-electron chi connectivity index (χ4n) is 4.44. The summed E-state index contributed by atoms with van der Waals surface area (Å²) in [5.41, 5.74) is -1.48. The minimum Gasteiger partial charge on any atom is -0.465 e. The van der Waals surface area contributed by atoms with E-state index in [2.05, 4.69) is 15.2 Å². The number of nitrogens with zero attached hydrogens (tertiary/aromatic N) is 3. The summed E-state index contributed by atoms with van der Waals surface area (Å²) < 4.78 is 52.0. The summed E-state index contributed by atoms with van der Waals surface area (Å²) in [4.78, 5) is 16.7. The van der Waals surface area contributed by atoms with Crippen LogP contribution in [0.2, 0.25) is 0 Å². The number of halogens is 2. The highest BCUT2D eigenvalue weighted by Crippen LogP contribution is 2.69. The minimum absolute atomic E-state index is 0.0996. The van der Waals surface area contributed by atoms with Crippen LogP contribution in [-0.2, 0) is 27.5 Å². The number of alkyl halides is 1. The molecule has 1 aliphatic heterocycles. The van der Waals surface area contributed by atoms with Crippen molar-refractivity contribution in [3.63, 3.8) is 0 Å². The first-order chi connectivity index (χ1) is 19.5. The molecule has 1 aromatic carbocycles. The Kier molecular flexibility index (Phi) is 9.89. The molecule has 0 spiro atoms. The molecule has 0 saturated carbocycles. The summed E-state index contributed by atoms with van der Waals surface area (Å²) in [6, 6.07) is 10.5. The van der Waals surface area contributed by atoms with Gasteiger partial charge in [-0.2, -0.15) is 9.62 Å². The normalized spacial score (nSPS) is 24.8. The van der Waals surface area contributed by atoms with Crippen LogP contribution in [0.4, 0.5) is 10.2 Å². The third-order valence-electron chi connectivity index (χ3n) is 6.71. The predicted molar refractivity (Wildman–Crippen MR) is 155 cm³/mol. The molecule has 1 fully saturated rings. The number of carbonyl (C=O) groups is 1. The maximum Gasteiger partial charge on any atom is 0.487 e. The lowest BCUT2D eigenvalue weighted by Gasteiger charge is -2.33. The molecule has 0 aliphatic carbocycles. The highest BCUT2D eigenvalue weighted by Gasteiger charge is 2.63.